The van der Waals surface area contributed by atoms with Gasteiger partial charge in [-0.1, -0.05) is 13.3 Å². The van der Waals surface area contributed by atoms with Crippen LogP contribution in [-0.4, -0.2) is 42.4 Å². The van der Waals surface area contributed by atoms with E-state index < -0.39 is 12.0 Å². The largest absolute Gasteiger partial charge is 0.341 e. The minimum Gasteiger partial charge on any atom is -0.341 e. The van der Waals surface area contributed by atoms with Crippen LogP contribution in [0.5, 0.6) is 0 Å². The Kier molecular flexibility index (Phi) is 5.34. The number of carbonyl (C=O) groups excluding carboxylic acids is 1. The standard InChI is InChI=1S/C12H20F2N2O.ClH/c1-2-9-4-3-5-16(7-9)11(17)10-6-12(13,14)8-15-10;/h9-10,15H,2-8H2,1H3;1H. The van der Waals surface area contributed by atoms with E-state index in [1.807, 2.05) is 0 Å². The predicted octanol–water partition coefficient (Wildman–Crippen LogP) is 2.05. The van der Waals surface area contributed by atoms with Gasteiger partial charge in [0, 0.05) is 19.5 Å². The number of nitrogens with one attached hydrogen (secondary N) is 1. The zero-order valence-corrected chi connectivity index (χ0v) is 11.4. The molecule has 2 saturated heterocycles. The summed E-state index contributed by atoms with van der Waals surface area (Å²) in [7, 11) is 0. The van der Waals surface area contributed by atoms with Crippen molar-refractivity contribution in [1.82, 2.24) is 10.2 Å². The Balaban J connectivity index is 0.00000162. The molecule has 0 aromatic heterocycles. The van der Waals surface area contributed by atoms with Crippen LogP contribution in [0.3, 0.4) is 0 Å². The van der Waals surface area contributed by atoms with Crippen LogP contribution in [0.25, 0.3) is 0 Å². The summed E-state index contributed by atoms with van der Waals surface area (Å²) in [4.78, 5) is 13.8. The predicted molar refractivity (Wildman–Crippen MR) is 68.2 cm³/mol. The van der Waals surface area contributed by atoms with Crippen molar-refractivity contribution in [2.24, 2.45) is 5.92 Å². The Hall–Kier alpha value is -0.420. The highest BCUT2D eigenvalue weighted by molar-refractivity contribution is 5.85. The van der Waals surface area contributed by atoms with Crippen molar-refractivity contribution in [3.8, 4) is 0 Å². The van der Waals surface area contributed by atoms with Crippen molar-refractivity contribution in [3.05, 3.63) is 0 Å². The molecular weight excluding hydrogens is 262 g/mol. The van der Waals surface area contributed by atoms with Gasteiger partial charge in [0.2, 0.25) is 5.91 Å². The molecule has 2 aliphatic rings. The molecule has 2 unspecified atom stereocenters. The van der Waals surface area contributed by atoms with Gasteiger partial charge in [-0.2, -0.15) is 0 Å². The molecule has 0 aromatic carbocycles. The molecule has 0 bridgehead atoms. The third-order valence-electron chi connectivity index (χ3n) is 3.82. The van der Waals surface area contributed by atoms with Crippen LogP contribution < -0.4 is 5.32 Å². The SMILES string of the molecule is CCC1CCCN(C(=O)C2CC(F)(F)CN2)C1.Cl. The average Bonchev–Trinajstić information content (AvgIpc) is 2.69. The van der Waals surface area contributed by atoms with E-state index in [1.165, 1.54) is 0 Å². The molecule has 0 spiro atoms. The van der Waals surface area contributed by atoms with Crippen molar-refractivity contribution in [3.63, 3.8) is 0 Å². The third kappa shape index (κ3) is 3.54. The Bertz CT molecular complexity index is 302. The summed E-state index contributed by atoms with van der Waals surface area (Å²) in [6.07, 6.45) is 2.85. The van der Waals surface area contributed by atoms with Gasteiger partial charge in [-0.05, 0) is 18.8 Å². The number of likely N-dealkylation sites (tertiary alicyclic amines) is 1. The molecule has 6 heteroatoms. The lowest BCUT2D eigenvalue weighted by Gasteiger charge is -2.33. The molecule has 1 amide bonds. The fourth-order valence-electron chi connectivity index (χ4n) is 2.71. The summed E-state index contributed by atoms with van der Waals surface area (Å²) in [5, 5.41) is 2.64. The Morgan fingerprint density at radius 2 is 2.22 bits per heavy atom. The van der Waals surface area contributed by atoms with Crippen LogP contribution in [0.4, 0.5) is 8.78 Å². The van der Waals surface area contributed by atoms with E-state index in [4.69, 9.17) is 0 Å². The number of piperidine rings is 1. The minimum absolute atomic E-state index is 0. The maximum Gasteiger partial charge on any atom is 0.262 e. The molecule has 2 rings (SSSR count). The molecule has 2 aliphatic heterocycles. The Morgan fingerprint density at radius 1 is 1.50 bits per heavy atom. The van der Waals surface area contributed by atoms with Crippen LogP contribution in [0.1, 0.15) is 32.6 Å². The summed E-state index contributed by atoms with van der Waals surface area (Å²) in [6.45, 7) is 3.20. The second kappa shape index (κ2) is 6.15. The number of alkyl halides is 2. The van der Waals surface area contributed by atoms with Crippen LogP contribution in [0, 0.1) is 5.92 Å². The zero-order valence-electron chi connectivity index (χ0n) is 10.6. The van der Waals surface area contributed by atoms with Gasteiger partial charge in [0.1, 0.15) is 0 Å². The summed E-state index contributed by atoms with van der Waals surface area (Å²) in [5.41, 5.74) is 0. The summed E-state index contributed by atoms with van der Waals surface area (Å²) >= 11 is 0. The van der Waals surface area contributed by atoms with Gasteiger partial charge in [0.25, 0.3) is 5.92 Å². The molecule has 2 heterocycles. The fraction of sp³-hybridized carbons (Fsp3) is 0.917. The first-order valence-corrected chi connectivity index (χ1v) is 6.42. The van der Waals surface area contributed by atoms with Gasteiger partial charge in [-0.3, -0.25) is 10.1 Å². The van der Waals surface area contributed by atoms with Gasteiger partial charge in [-0.15, -0.1) is 12.4 Å². The number of hydrogen-bond donors (Lipinski definition) is 1. The fourth-order valence-corrected chi connectivity index (χ4v) is 2.71. The molecule has 3 nitrogen and oxygen atoms in total. The number of hydrogen-bond acceptors (Lipinski definition) is 2. The van der Waals surface area contributed by atoms with Gasteiger partial charge >= 0.3 is 0 Å². The maximum atomic E-state index is 13.0. The van der Waals surface area contributed by atoms with Crippen LogP contribution in [0.2, 0.25) is 0 Å². The van der Waals surface area contributed by atoms with E-state index in [1.54, 1.807) is 4.90 Å². The molecule has 1 N–H and O–H groups in total. The van der Waals surface area contributed by atoms with E-state index in [2.05, 4.69) is 12.2 Å². The van der Waals surface area contributed by atoms with Crippen molar-refractivity contribution in [2.75, 3.05) is 19.6 Å². The monoisotopic (exact) mass is 282 g/mol. The number of carbonyl (C=O) groups is 1. The Morgan fingerprint density at radius 3 is 2.78 bits per heavy atom. The molecule has 0 aliphatic carbocycles. The lowest BCUT2D eigenvalue weighted by atomic mass is 9.95. The second-order valence-corrected chi connectivity index (χ2v) is 5.19. The summed E-state index contributed by atoms with van der Waals surface area (Å²) in [6, 6.07) is -0.680. The van der Waals surface area contributed by atoms with E-state index in [9.17, 15) is 13.6 Å². The van der Waals surface area contributed by atoms with Crippen LogP contribution in [-0.2, 0) is 4.79 Å². The minimum atomic E-state index is -2.72. The summed E-state index contributed by atoms with van der Waals surface area (Å²) < 4.78 is 26.1. The molecule has 0 aromatic rings. The molecule has 106 valence electrons. The van der Waals surface area contributed by atoms with Crippen molar-refractivity contribution in [1.29, 1.82) is 0 Å². The van der Waals surface area contributed by atoms with Crippen molar-refractivity contribution >= 4 is 18.3 Å². The maximum absolute atomic E-state index is 13.0. The second-order valence-electron chi connectivity index (χ2n) is 5.19. The number of halogens is 3. The van der Waals surface area contributed by atoms with Gasteiger partial charge in [0.05, 0.1) is 12.6 Å². The number of rotatable bonds is 2. The van der Waals surface area contributed by atoms with Gasteiger partial charge in [-0.25, -0.2) is 8.78 Å². The highest BCUT2D eigenvalue weighted by Gasteiger charge is 2.43. The molecular formula is C12H21ClF2N2O. The molecule has 18 heavy (non-hydrogen) atoms. The van der Waals surface area contributed by atoms with E-state index in [0.29, 0.717) is 5.92 Å². The normalized spacial score (nSPS) is 30.9. The number of nitrogens with zero attached hydrogens (tertiary/aromatic N) is 1. The average molecular weight is 283 g/mol. The van der Waals surface area contributed by atoms with Crippen LogP contribution >= 0.6 is 12.4 Å². The molecule has 0 saturated carbocycles. The topological polar surface area (TPSA) is 32.3 Å². The lowest BCUT2D eigenvalue weighted by Crippen LogP contribution is -2.47. The Labute approximate surface area is 113 Å². The quantitative estimate of drug-likeness (QED) is 0.841. The van der Waals surface area contributed by atoms with E-state index >= 15 is 0 Å². The molecule has 2 atom stereocenters. The van der Waals surface area contributed by atoms with Gasteiger partial charge < -0.3 is 4.90 Å². The van der Waals surface area contributed by atoms with Gasteiger partial charge in [0.15, 0.2) is 0 Å². The first-order valence-electron chi connectivity index (χ1n) is 6.42. The first-order chi connectivity index (χ1) is 8.02. The first kappa shape index (κ1) is 15.6. The highest BCUT2D eigenvalue weighted by atomic mass is 35.5. The van der Waals surface area contributed by atoms with Crippen LogP contribution in [0.15, 0.2) is 0 Å². The molecule has 2 fully saturated rings. The zero-order chi connectivity index (χ0) is 12.5. The highest BCUT2D eigenvalue weighted by Crippen LogP contribution is 2.27. The van der Waals surface area contributed by atoms with Crippen molar-refractivity contribution < 1.29 is 13.6 Å². The van der Waals surface area contributed by atoms with E-state index in [-0.39, 0.29) is 31.3 Å². The third-order valence-corrected chi connectivity index (χ3v) is 3.82. The number of amides is 1. The van der Waals surface area contributed by atoms with E-state index in [0.717, 1.165) is 32.4 Å². The van der Waals surface area contributed by atoms with Crippen molar-refractivity contribution in [2.45, 2.75) is 44.6 Å². The lowest BCUT2D eigenvalue weighted by molar-refractivity contribution is -0.135. The smallest absolute Gasteiger partial charge is 0.262 e. The summed E-state index contributed by atoms with van der Waals surface area (Å²) in [5.74, 6) is -2.32. The molecule has 0 radical (unpaired) electrons.